The molecule has 3 aromatic rings. The van der Waals surface area contributed by atoms with E-state index in [1.165, 1.54) is 9.96 Å². The maximum Gasteiger partial charge on any atom is 0.274 e. The van der Waals surface area contributed by atoms with Gasteiger partial charge in [0.15, 0.2) is 0 Å². The van der Waals surface area contributed by atoms with Crippen LogP contribution in [0.25, 0.3) is 5.65 Å². The Morgan fingerprint density at radius 3 is 2.58 bits per heavy atom. The number of pyridine rings is 1. The Hall–Kier alpha value is -2.50. The Bertz CT molecular complexity index is 1170. The number of anilines is 1. The number of hydrogen-bond donors (Lipinski definition) is 2. The Morgan fingerprint density at radius 2 is 1.81 bits per heavy atom. The average molecular weight is 561 g/mol. The Labute approximate surface area is 219 Å². The number of rotatable bonds is 12. The van der Waals surface area contributed by atoms with Crippen molar-refractivity contribution in [3.8, 4) is 5.75 Å². The zero-order chi connectivity index (χ0) is 25.3. The van der Waals surface area contributed by atoms with Gasteiger partial charge in [0.1, 0.15) is 28.3 Å². The number of aliphatic hydroxyl groups excluding tert-OH is 1. The first-order chi connectivity index (χ1) is 17.5. The monoisotopic (exact) mass is 560 g/mol. The second-order valence-electron chi connectivity index (χ2n) is 8.87. The molecule has 1 aliphatic heterocycles. The molecule has 194 valence electrons. The summed E-state index contributed by atoms with van der Waals surface area (Å²) in [5.41, 5.74) is 1.74. The van der Waals surface area contributed by atoms with Crippen molar-refractivity contribution in [2.75, 3.05) is 65.1 Å². The fourth-order valence-corrected chi connectivity index (χ4v) is 4.86. The van der Waals surface area contributed by atoms with Crippen molar-refractivity contribution < 1.29 is 19.3 Å². The number of likely N-dealkylation sites (tertiary alicyclic amines) is 1. The minimum Gasteiger partial charge on any atom is -0.491 e. The molecule has 0 bridgehead atoms. The summed E-state index contributed by atoms with van der Waals surface area (Å²) in [6.45, 7) is 4.06. The Morgan fingerprint density at radius 1 is 1.06 bits per heavy atom. The predicted molar refractivity (Wildman–Crippen MR) is 142 cm³/mol. The first kappa shape index (κ1) is 26.6. The molecule has 0 amide bonds. The van der Waals surface area contributed by atoms with Crippen LogP contribution in [0.5, 0.6) is 5.75 Å². The molecule has 4 rings (SSSR count). The first-order valence-corrected chi connectivity index (χ1v) is 13.0. The van der Waals surface area contributed by atoms with E-state index in [2.05, 4.69) is 50.3 Å². The van der Waals surface area contributed by atoms with Gasteiger partial charge in [0, 0.05) is 25.3 Å². The third-order valence-electron chi connectivity index (χ3n) is 6.11. The summed E-state index contributed by atoms with van der Waals surface area (Å²) in [6, 6.07) is 13.9. The number of aromatic nitrogens is 2. The van der Waals surface area contributed by atoms with Gasteiger partial charge in [-0.15, -0.1) is 0 Å². The highest BCUT2D eigenvalue weighted by Crippen LogP contribution is 2.30. The van der Waals surface area contributed by atoms with Gasteiger partial charge < -0.3 is 29.5 Å². The van der Waals surface area contributed by atoms with Crippen molar-refractivity contribution in [2.24, 2.45) is 0 Å². The van der Waals surface area contributed by atoms with Gasteiger partial charge in [0.25, 0.3) is 5.56 Å². The molecule has 1 aromatic carbocycles. The molecule has 9 nitrogen and oxygen atoms in total. The summed E-state index contributed by atoms with van der Waals surface area (Å²) < 4.78 is 18.4. The number of nitrogens with zero attached hydrogens (tertiary/aromatic N) is 3. The van der Waals surface area contributed by atoms with Gasteiger partial charge in [0.2, 0.25) is 0 Å². The van der Waals surface area contributed by atoms with E-state index in [9.17, 15) is 4.79 Å². The van der Waals surface area contributed by atoms with E-state index < -0.39 is 0 Å². The standard InChI is InChI=1S/C26H33BrN4O5/c1-30-17-20(19-5-7-22(8-6-19)36-15-14-35-13-12-34-11-10-32)16-21(18-30)28-25-24(27)26(33)31-9-3-2-4-23(31)29-25/h2-9,20-21,28,32H,10-18H2,1H3/t20-,21+/m0/s1. The highest BCUT2D eigenvalue weighted by Gasteiger charge is 2.27. The predicted octanol–water partition coefficient (Wildman–Crippen LogP) is 2.76. The van der Waals surface area contributed by atoms with E-state index in [1.807, 2.05) is 30.3 Å². The first-order valence-electron chi connectivity index (χ1n) is 12.2. The minimum atomic E-state index is -0.125. The fraction of sp³-hybridized carbons (Fsp3) is 0.462. The van der Waals surface area contributed by atoms with Crippen LogP contribution in [-0.2, 0) is 9.47 Å². The van der Waals surface area contributed by atoms with Crippen LogP contribution >= 0.6 is 15.9 Å². The lowest BCUT2D eigenvalue weighted by Gasteiger charge is -2.36. The number of aliphatic hydroxyl groups is 1. The lowest BCUT2D eigenvalue weighted by Crippen LogP contribution is -2.43. The highest BCUT2D eigenvalue weighted by molar-refractivity contribution is 9.10. The van der Waals surface area contributed by atoms with E-state index in [4.69, 9.17) is 19.3 Å². The molecule has 3 heterocycles. The fourth-order valence-electron chi connectivity index (χ4n) is 4.46. The van der Waals surface area contributed by atoms with E-state index in [0.717, 1.165) is 25.3 Å². The summed E-state index contributed by atoms with van der Waals surface area (Å²) >= 11 is 3.45. The molecule has 0 unspecified atom stereocenters. The van der Waals surface area contributed by atoms with Crippen molar-refractivity contribution in [3.05, 3.63) is 69.1 Å². The number of piperidine rings is 1. The van der Waals surface area contributed by atoms with E-state index in [1.54, 1.807) is 6.20 Å². The molecule has 1 saturated heterocycles. The molecule has 2 aromatic heterocycles. The lowest BCUT2D eigenvalue weighted by molar-refractivity contribution is 0.0247. The van der Waals surface area contributed by atoms with Crippen LogP contribution in [0, 0.1) is 0 Å². The van der Waals surface area contributed by atoms with Crippen LogP contribution in [0.1, 0.15) is 17.9 Å². The maximum atomic E-state index is 12.7. The summed E-state index contributed by atoms with van der Waals surface area (Å²) in [5.74, 6) is 1.73. The number of halogens is 1. The summed E-state index contributed by atoms with van der Waals surface area (Å²) in [4.78, 5) is 19.7. The van der Waals surface area contributed by atoms with Crippen LogP contribution in [0.15, 0.2) is 57.9 Å². The van der Waals surface area contributed by atoms with Crippen LogP contribution in [0.3, 0.4) is 0 Å². The topological polar surface area (TPSA) is 97.6 Å². The SMILES string of the molecule is CN1C[C@H](Nc2nc3ccccn3c(=O)c2Br)C[C@H](c2ccc(OCCOCCOCCO)cc2)C1. The molecule has 2 atom stereocenters. The Balaban J connectivity index is 1.31. The molecule has 1 aliphatic rings. The molecule has 0 aliphatic carbocycles. The quantitative estimate of drug-likeness (QED) is 0.326. The smallest absolute Gasteiger partial charge is 0.274 e. The van der Waals surface area contributed by atoms with Crippen molar-refractivity contribution >= 4 is 27.4 Å². The summed E-state index contributed by atoms with van der Waals surface area (Å²) in [7, 11) is 2.12. The van der Waals surface area contributed by atoms with E-state index in [-0.39, 0.29) is 18.2 Å². The number of hydrogen-bond acceptors (Lipinski definition) is 8. The van der Waals surface area contributed by atoms with Gasteiger partial charge >= 0.3 is 0 Å². The van der Waals surface area contributed by atoms with Crippen LogP contribution in [0.4, 0.5) is 5.82 Å². The zero-order valence-corrected chi connectivity index (χ0v) is 22.0. The van der Waals surface area contributed by atoms with Gasteiger partial charge in [-0.3, -0.25) is 9.20 Å². The second kappa shape index (κ2) is 13.2. The van der Waals surface area contributed by atoms with Gasteiger partial charge in [-0.25, -0.2) is 4.98 Å². The third-order valence-corrected chi connectivity index (χ3v) is 6.82. The largest absolute Gasteiger partial charge is 0.491 e. The van der Waals surface area contributed by atoms with Gasteiger partial charge in [-0.05, 0) is 65.1 Å². The van der Waals surface area contributed by atoms with Crippen molar-refractivity contribution in [1.29, 1.82) is 0 Å². The molecule has 1 fully saturated rings. The van der Waals surface area contributed by atoms with Crippen molar-refractivity contribution in [3.63, 3.8) is 0 Å². The molecule has 0 saturated carbocycles. The van der Waals surface area contributed by atoms with E-state index in [0.29, 0.717) is 54.9 Å². The van der Waals surface area contributed by atoms with Crippen LogP contribution in [0.2, 0.25) is 0 Å². The number of benzene rings is 1. The number of fused-ring (bicyclic) bond motifs is 1. The maximum absolute atomic E-state index is 12.7. The molecular formula is C26H33BrN4O5. The molecular weight excluding hydrogens is 528 g/mol. The third kappa shape index (κ3) is 7.04. The number of ether oxygens (including phenoxy) is 3. The lowest BCUT2D eigenvalue weighted by atomic mass is 9.88. The molecule has 0 radical (unpaired) electrons. The molecule has 36 heavy (non-hydrogen) atoms. The summed E-state index contributed by atoms with van der Waals surface area (Å²) in [6.07, 6.45) is 2.65. The van der Waals surface area contributed by atoms with E-state index >= 15 is 0 Å². The average Bonchev–Trinajstić information content (AvgIpc) is 2.89. The molecule has 2 N–H and O–H groups in total. The van der Waals surface area contributed by atoms with Crippen LogP contribution < -0.4 is 15.6 Å². The normalized spacial score (nSPS) is 18.4. The van der Waals surface area contributed by atoms with Gasteiger partial charge in [-0.2, -0.15) is 0 Å². The van der Waals surface area contributed by atoms with Crippen LogP contribution in [-0.4, -0.2) is 85.2 Å². The van der Waals surface area contributed by atoms with Crippen molar-refractivity contribution in [1.82, 2.24) is 14.3 Å². The Kier molecular flexibility index (Phi) is 9.71. The van der Waals surface area contributed by atoms with Gasteiger partial charge in [-0.1, -0.05) is 18.2 Å². The number of nitrogens with one attached hydrogen (secondary N) is 1. The molecule has 10 heteroatoms. The minimum absolute atomic E-state index is 0.0222. The summed E-state index contributed by atoms with van der Waals surface area (Å²) in [5, 5.41) is 12.2. The number of likely N-dealkylation sites (N-methyl/N-ethyl adjacent to an activating group) is 1. The molecule has 0 spiro atoms. The van der Waals surface area contributed by atoms with Crippen molar-refractivity contribution in [2.45, 2.75) is 18.4 Å². The zero-order valence-electron chi connectivity index (χ0n) is 20.4. The highest BCUT2D eigenvalue weighted by atomic mass is 79.9. The van der Waals surface area contributed by atoms with Gasteiger partial charge in [0.05, 0.1) is 33.0 Å². The second-order valence-corrected chi connectivity index (χ2v) is 9.66.